The Morgan fingerprint density at radius 1 is 0.935 bits per heavy atom. The molecule has 0 aromatic rings. The summed E-state index contributed by atoms with van der Waals surface area (Å²) in [5.41, 5.74) is -9.40. The van der Waals surface area contributed by atoms with E-state index in [1.165, 1.54) is 6.92 Å². The highest BCUT2D eigenvalue weighted by molar-refractivity contribution is 5.94. The zero-order valence-corrected chi connectivity index (χ0v) is 17.3. The van der Waals surface area contributed by atoms with Crippen LogP contribution >= 0.6 is 0 Å². The molecule has 2 aliphatic carbocycles. The molecule has 0 amide bonds. The minimum Gasteiger partial charge on any atom is -0.456 e. The summed E-state index contributed by atoms with van der Waals surface area (Å²) in [7, 11) is 0. The van der Waals surface area contributed by atoms with Crippen molar-refractivity contribution in [2.24, 2.45) is 28.1 Å². The minimum absolute atomic E-state index is 0.792. The maximum atomic E-state index is 13.4. The van der Waals surface area contributed by atoms with E-state index in [4.69, 9.17) is 18.9 Å². The zero-order valence-electron chi connectivity index (χ0n) is 17.3. The Morgan fingerprint density at radius 3 is 2.19 bits per heavy atom. The number of hydrogen-bond donors (Lipinski definition) is 4. The van der Waals surface area contributed by atoms with E-state index in [9.17, 15) is 34.8 Å². The van der Waals surface area contributed by atoms with Crippen molar-refractivity contribution in [2.45, 2.75) is 75.7 Å². The highest BCUT2D eigenvalue weighted by atomic mass is 16.8. The lowest BCUT2D eigenvalue weighted by atomic mass is 9.51. The van der Waals surface area contributed by atoms with E-state index in [2.05, 4.69) is 0 Å². The number of carbonyl (C=O) groups excluding carboxylic acids is 3. The predicted octanol–water partition coefficient (Wildman–Crippen LogP) is -2.40. The van der Waals surface area contributed by atoms with Crippen molar-refractivity contribution in [3.05, 3.63) is 0 Å². The van der Waals surface area contributed by atoms with Gasteiger partial charge in [-0.05, 0) is 12.3 Å². The number of carbonyl (C=O) groups is 3. The zero-order chi connectivity index (χ0) is 22.7. The highest BCUT2D eigenvalue weighted by Gasteiger charge is 3.05. The maximum absolute atomic E-state index is 13.4. The van der Waals surface area contributed by atoms with Crippen molar-refractivity contribution in [3.8, 4) is 0 Å². The normalized spacial score (nSPS) is 61.0. The summed E-state index contributed by atoms with van der Waals surface area (Å²) in [5, 5.41) is 46.1. The quantitative estimate of drug-likeness (QED) is 0.234. The third kappa shape index (κ3) is 1.43. The fourth-order valence-corrected chi connectivity index (χ4v) is 8.27. The summed E-state index contributed by atoms with van der Waals surface area (Å²) in [6, 6.07) is 0. The molecule has 4 aliphatic heterocycles. The van der Waals surface area contributed by atoms with Gasteiger partial charge in [-0.2, -0.15) is 0 Å². The molecular weight excluding hydrogens is 416 g/mol. The molecule has 0 aromatic carbocycles. The van der Waals surface area contributed by atoms with E-state index in [1.54, 1.807) is 20.8 Å². The number of hydrogen-bond acceptors (Lipinski definition) is 11. The van der Waals surface area contributed by atoms with E-state index in [-0.39, 0.29) is 0 Å². The van der Waals surface area contributed by atoms with Crippen molar-refractivity contribution < 1.29 is 53.8 Å². The standard InChI is InChI=1S/C20H24O11/c1-5-12(24)28-11-8(22)18-10-6(21)7(16(2,3)4)17(18)9(23)13(25)30-15(17)31-20(18,14(26)29-10)19(5,11)27/h5-11,15,21-23,27H,1-4H3/t5-,6-,7+,8+,9+,10-,11+,15+,17+,18-,19-,20-/m1/s1. The Balaban J connectivity index is 1.75. The molecule has 11 nitrogen and oxygen atoms in total. The molecule has 2 saturated carbocycles. The third-order valence-electron chi connectivity index (χ3n) is 8.95. The van der Waals surface area contributed by atoms with Gasteiger partial charge in [-0.3, -0.25) is 4.79 Å². The molecule has 4 N–H and O–H groups in total. The largest absolute Gasteiger partial charge is 0.456 e. The smallest absolute Gasteiger partial charge is 0.343 e. The molecule has 6 rings (SSSR count). The number of esters is 3. The van der Waals surface area contributed by atoms with E-state index in [1.807, 2.05) is 0 Å². The SMILES string of the molecule is C[C@@H]1C(=O)O[C@H]2[C@H](O)[C@]34[C@@H]5OC(=O)[C@]3(O[C@@H]3OC(=O)[C@H](O)[C@@]34[C@H](C(C)(C)C)[C@H]5O)[C@@]12O. The van der Waals surface area contributed by atoms with E-state index >= 15 is 0 Å². The average molecular weight is 440 g/mol. The Morgan fingerprint density at radius 2 is 1.58 bits per heavy atom. The van der Waals surface area contributed by atoms with E-state index in [0.717, 1.165) is 0 Å². The summed E-state index contributed by atoms with van der Waals surface area (Å²) in [5.74, 6) is -5.22. The second-order valence-corrected chi connectivity index (χ2v) is 10.8. The van der Waals surface area contributed by atoms with Crippen LogP contribution in [0.5, 0.6) is 0 Å². The Bertz CT molecular complexity index is 957. The van der Waals surface area contributed by atoms with Crippen molar-refractivity contribution >= 4 is 17.9 Å². The van der Waals surface area contributed by atoms with Crippen LogP contribution in [0.25, 0.3) is 0 Å². The number of aliphatic hydroxyl groups is 4. The van der Waals surface area contributed by atoms with Gasteiger partial charge in [0.2, 0.25) is 11.9 Å². The molecule has 11 heteroatoms. The van der Waals surface area contributed by atoms with Crippen LogP contribution in [0.15, 0.2) is 0 Å². The van der Waals surface area contributed by atoms with Gasteiger partial charge in [0, 0.05) is 5.92 Å². The van der Waals surface area contributed by atoms with Gasteiger partial charge in [0.05, 0.1) is 22.9 Å². The molecule has 12 atom stereocenters. The summed E-state index contributed by atoms with van der Waals surface area (Å²) in [6.07, 6.45) is -9.69. The van der Waals surface area contributed by atoms with Gasteiger partial charge < -0.3 is 39.4 Å². The van der Waals surface area contributed by atoms with E-state index < -0.39 is 94.0 Å². The lowest BCUT2D eigenvalue weighted by Gasteiger charge is -2.47. The first-order chi connectivity index (χ1) is 14.3. The molecule has 2 spiro atoms. The van der Waals surface area contributed by atoms with E-state index in [0.29, 0.717) is 0 Å². The first-order valence-corrected chi connectivity index (χ1v) is 10.3. The molecule has 0 unspecified atom stereocenters. The molecule has 0 bridgehead atoms. The fraction of sp³-hybridized carbons (Fsp3) is 0.850. The number of ether oxygens (including phenoxy) is 4. The second kappa shape index (κ2) is 4.91. The Kier molecular flexibility index (Phi) is 3.15. The lowest BCUT2D eigenvalue weighted by Crippen LogP contribution is -2.67. The highest BCUT2D eigenvalue weighted by Crippen LogP contribution is 2.84. The molecule has 6 fully saturated rings. The van der Waals surface area contributed by atoms with Gasteiger partial charge in [0.25, 0.3) is 0 Å². The number of rotatable bonds is 0. The van der Waals surface area contributed by atoms with Crippen LogP contribution < -0.4 is 0 Å². The monoisotopic (exact) mass is 440 g/mol. The van der Waals surface area contributed by atoms with Crippen LogP contribution in [-0.2, 0) is 33.3 Å². The van der Waals surface area contributed by atoms with Crippen LogP contribution in [0, 0.1) is 28.1 Å². The first-order valence-electron chi connectivity index (χ1n) is 10.3. The average Bonchev–Trinajstić information content (AvgIpc) is 3.35. The maximum Gasteiger partial charge on any atom is 0.343 e. The summed E-state index contributed by atoms with van der Waals surface area (Å²) in [4.78, 5) is 38.3. The van der Waals surface area contributed by atoms with Gasteiger partial charge in [-0.1, -0.05) is 20.8 Å². The number of aliphatic hydroxyl groups excluding tert-OH is 3. The molecule has 4 heterocycles. The summed E-state index contributed by atoms with van der Waals surface area (Å²) >= 11 is 0. The predicted molar refractivity (Wildman–Crippen MR) is 93.4 cm³/mol. The Hall–Kier alpha value is -1.79. The number of fused-ring (bicyclic) bond motifs is 1. The van der Waals surface area contributed by atoms with Gasteiger partial charge in [0.15, 0.2) is 17.8 Å². The van der Waals surface area contributed by atoms with Crippen molar-refractivity contribution in [1.29, 1.82) is 0 Å². The molecule has 31 heavy (non-hydrogen) atoms. The van der Waals surface area contributed by atoms with Crippen molar-refractivity contribution in [3.63, 3.8) is 0 Å². The minimum atomic E-state index is -2.40. The van der Waals surface area contributed by atoms with Crippen molar-refractivity contribution in [2.75, 3.05) is 0 Å². The van der Waals surface area contributed by atoms with Crippen LogP contribution in [0.1, 0.15) is 27.7 Å². The van der Waals surface area contributed by atoms with Gasteiger partial charge in [-0.25, -0.2) is 9.59 Å². The second-order valence-electron chi connectivity index (χ2n) is 10.8. The lowest BCUT2D eigenvalue weighted by molar-refractivity contribution is -0.240. The fourth-order valence-electron chi connectivity index (χ4n) is 8.27. The third-order valence-corrected chi connectivity index (χ3v) is 8.95. The molecular formula is C20H24O11. The van der Waals surface area contributed by atoms with Crippen molar-refractivity contribution in [1.82, 2.24) is 0 Å². The van der Waals surface area contributed by atoms with Crippen LogP contribution in [0.4, 0.5) is 0 Å². The molecule has 6 aliphatic rings. The van der Waals surface area contributed by atoms with Crippen LogP contribution in [-0.4, -0.2) is 86.3 Å². The van der Waals surface area contributed by atoms with Crippen LogP contribution in [0.2, 0.25) is 0 Å². The first kappa shape index (κ1) is 19.9. The van der Waals surface area contributed by atoms with Gasteiger partial charge in [0.1, 0.15) is 12.2 Å². The molecule has 0 radical (unpaired) electrons. The summed E-state index contributed by atoms with van der Waals surface area (Å²) < 4.78 is 22.2. The Labute approximate surface area is 176 Å². The molecule has 4 saturated heterocycles. The summed E-state index contributed by atoms with van der Waals surface area (Å²) in [6.45, 7) is 6.63. The molecule has 0 aromatic heterocycles. The topological polar surface area (TPSA) is 169 Å². The van der Waals surface area contributed by atoms with Crippen LogP contribution in [0.3, 0.4) is 0 Å². The van der Waals surface area contributed by atoms with Gasteiger partial charge >= 0.3 is 17.9 Å². The molecule has 170 valence electrons. The van der Waals surface area contributed by atoms with Gasteiger partial charge in [-0.15, -0.1) is 0 Å².